The molecule has 0 radical (unpaired) electrons. The molecule has 6 nitrogen and oxygen atoms in total. The van der Waals surface area contributed by atoms with Gasteiger partial charge in [-0.1, -0.05) is 0 Å². The van der Waals surface area contributed by atoms with Crippen LogP contribution >= 0.6 is 0 Å². The van der Waals surface area contributed by atoms with E-state index in [0.29, 0.717) is 5.69 Å². The Morgan fingerprint density at radius 1 is 1.54 bits per heavy atom. The summed E-state index contributed by atoms with van der Waals surface area (Å²) in [5.41, 5.74) is -0.0512. The van der Waals surface area contributed by atoms with E-state index in [1.54, 1.807) is 0 Å². The third-order valence-electron chi connectivity index (χ3n) is 1.56. The Kier molecular flexibility index (Phi) is 2.86. The maximum Gasteiger partial charge on any atom is 0.356 e. The van der Waals surface area contributed by atoms with Gasteiger partial charge >= 0.3 is 11.7 Å². The summed E-state index contributed by atoms with van der Waals surface area (Å²) in [6, 6.07) is 0. The molecule has 0 bridgehead atoms. The molecule has 0 saturated carbocycles. The molecule has 0 atom stereocenters. The van der Waals surface area contributed by atoms with Gasteiger partial charge in [-0.15, -0.1) is 0 Å². The molecule has 0 aliphatic heterocycles. The average molecular weight is 186 g/mol. The van der Waals surface area contributed by atoms with Crippen LogP contribution in [0.1, 0.15) is 16.2 Å². The van der Waals surface area contributed by atoms with E-state index >= 15 is 0 Å². The van der Waals surface area contributed by atoms with Crippen LogP contribution in [0.2, 0.25) is 0 Å². The highest BCUT2D eigenvalue weighted by Gasteiger charge is 2.14. The molecule has 1 heterocycles. The molecule has 72 valence electrons. The number of carbonyl (C=O) groups is 1. The minimum Gasteiger partial charge on any atom is -0.464 e. The highest BCUT2D eigenvalue weighted by atomic mass is 16.5. The molecule has 1 aromatic rings. The lowest BCUT2D eigenvalue weighted by molar-refractivity contribution is 0.0593. The average Bonchev–Trinajstić information content (AvgIpc) is 2.46. The van der Waals surface area contributed by atoms with Crippen LogP contribution in [-0.4, -0.2) is 34.8 Å². The minimum atomic E-state index is -0.623. The number of carbonyl (C=O) groups excluding carboxylic acids is 1. The van der Waals surface area contributed by atoms with E-state index in [2.05, 4.69) is 14.7 Å². The number of esters is 1. The van der Waals surface area contributed by atoms with E-state index in [-0.39, 0.29) is 18.7 Å². The zero-order valence-corrected chi connectivity index (χ0v) is 7.09. The molecule has 0 unspecified atom stereocenters. The van der Waals surface area contributed by atoms with Crippen molar-refractivity contribution in [1.82, 2.24) is 9.97 Å². The molecule has 0 saturated heterocycles. The fourth-order valence-corrected chi connectivity index (χ4v) is 0.995. The minimum absolute atomic E-state index is 0.0709. The molecule has 6 heteroatoms. The van der Waals surface area contributed by atoms with Gasteiger partial charge in [0.25, 0.3) is 0 Å². The van der Waals surface area contributed by atoms with Crippen molar-refractivity contribution in [2.75, 3.05) is 13.7 Å². The Balaban J connectivity index is 3.04. The number of H-pyrrole nitrogens is 2. The summed E-state index contributed by atoms with van der Waals surface area (Å²) in [5.74, 6) is -0.623. The van der Waals surface area contributed by atoms with Gasteiger partial charge in [-0.25, -0.2) is 9.59 Å². The fourth-order valence-electron chi connectivity index (χ4n) is 0.995. The van der Waals surface area contributed by atoms with E-state index < -0.39 is 11.7 Å². The smallest absolute Gasteiger partial charge is 0.356 e. The number of rotatable bonds is 3. The van der Waals surface area contributed by atoms with Crippen LogP contribution in [0.3, 0.4) is 0 Å². The molecule has 0 spiro atoms. The number of hydrogen-bond acceptors (Lipinski definition) is 4. The van der Waals surface area contributed by atoms with E-state index in [1.807, 2.05) is 0 Å². The van der Waals surface area contributed by atoms with Gasteiger partial charge in [-0.05, 0) is 0 Å². The molecule has 0 amide bonds. The third kappa shape index (κ3) is 1.97. The summed E-state index contributed by atoms with van der Waals surface area (Å²) in [5, 5.41) is 8.62. The van der Waals surface area contributed by atoms with Crippen molar-refractivity contribution < 1.29 is 14.6 Å². The second-order valence-corrected chi connectivity index (χ2v) is 2.40. The Hall–Kier alpha value is -1.56. The molecular formula is C7H10N2O4. The van der Waals surface area contributed by atoms with Crippen molar-refractivity contribution in [3.05, 3.63) is 21.9 Å². The molecule has 0 aliphatic carbocycles. The highest BCUT2D eigenvalue weighted by Crippen LogP contribution is 2.02. The first-order valence-corrected chi connectivity index (χ1v) is 3.69. The highest BCUT2D eigenvalue weighted by molar-refractivity contribution is 5.88. The van der Waals surface area contributed by atoms with Crippen molar-refractivity contribution in [1.29, 1.82) is 0 Å². The summed E-state index contributed by atoms with van der Waals surface area (Å²) >= 11 is 0. The monoisotopic (exact) mass is 186 g/mol. The Labute approximate surface area is 73.6 Å². The summed E-state index contributed by atoms with van der Waals surface area (Å²) in [6.07, 6.45) is 0.211. The molecule has 0 aromatic carbocycles. The van der Waals surface area contributed by atoms with Gasteiger partial charge in [0.1, 0.15) is 5.69 Å². The number of aromatic nitrogens is 2. The predicted octanol–water partition coefficient (Wildman–Crippen LogP) is -0.976. The lowest BCUT2D eigenvalue weighted by Crippen LogP contribution is -2.07. The summed E-state index contributed by atoms with van der Waals surface area (Å²) in [4.78, 5) is 26.5. The van der Waals surface area contributed by atoms with Gasteiger partial charge in [-0.2, -0.15) is 0 Å². The van der Waals surface area contributed by atoms with Crippen LogP contribution in [0.5, 0.6) is 0 Å². The topological polar surface area (TPSA) is 95.2 Å². The molecule has 1 rings (SSSR count). The summed E-state index contributed by atoms with van der Waals surface area (Å²) < 4.78 is 4.43. The Morgan fingerprint density at radius 3 is 2.77 bits per heavy atom. The second-order valence-electron chi connectivity index (χ2n) is 2.40. The quantitative estimate of drug-likeness (QED) is 0.529. The van der Waals surface area contributed by atoms with Crippen LogP contribution in [0.25, 0.3) is 0 Å². The van der Waals surface area contributed by atoms with Gasteiger partial charge in [0.2, 0.25) is 0 Å². The van der Waals surface area contributed by atoms with Crippen molar-refractivity contribution in [2.24, 2.45) is 0 Å². The number of aromatic amines is 2. The van der Waals surface area contributed by atoms with E-state index in [1.165, 1.54) is 7.11 Å². The summed E-state index contributed by atoms with van der Waals surface area (Å²) in [7, 11) is 1.22. The number of hydrogen-bond donors (Lipinski definition) is 3. The SMILES string of the molecule is COC(=O)c1[nH]c(=O)[nH]c1CCO. The lowest BCUT2D eigenvalue weighted by Gasteiger charge is -1.98. The zero-order chi connectivity index (χ0) is 9.84. The van der Waals surface area contributed by atoms with Crippen molar-refractivity contribution in [3.8, 4) is 0 Å². The Morgan fingerprint density at radius 2 is 2.23 bits per heavy atom. The normalized spacial score (nSPS) is 10.0. The number of nitrogens with one attached hydrogen (secondary N) is 2. The van der Waals surface area contributed by atoms with Crippen LogP contribution in [0, 0.1) is 0 Å². The first kappa shape index (κ1) is 9.53. The third-order valence-corrected chi connectivity index (χ3v) is 1.56. The number of methoxy groups -OCH3 is 1. The van der Waals surface area contributed by atoms with Crippen LogP contribution in [-0.2, 0) is 11.2 Å². The van der Waals surface area contributed by atoms with Crippen LogP contribution in [0.4, 0.5) is 0 Å². The molecular weight excluding hydrogens is 176 g/mol. The zero-order valence-electron chi connectivity index (χ0n) is 7.09. The molecule has 0 fully saturated rings. The van der Waals surface area contributed by atoms with Gasteiger partial charge in [0.05, 0.1) is 12.8 Å². The van der Waals surface area contributed by atoms with Crippen LogP contribution in [0.15, 0.2) is 4.79 Å². The summed E-state index contributed by atoms with van der Waals surface area (Å²) in [6.45, 7) is -0.141. The first-order valence-electron chi connectivity index (χ1n) is 3.69. The van der Waals surface area contributed by atoms with E-state index in [4.69, 9.17) is 5.11 Å². The number of aliphatic hydroxyl groups is 1. The van der Waals surface area contributed by atoms with Gasteiger partial charge < -0.3 is 14.8 Å². The van der Waals surface area contributed by atoms with Crippen molar-refractivity contribution in [3.63, 3.8) is 0 Å². The van der Waals surface area contributed by atoms with E-state index in [0.717, 1.165) is 0 Å². The number of aliphatic hydroxyl groups excluding tert-OH is 1. The van der Waals surface area contributed by atoms with Crippen molar-refractivity contribution >= 4 is 5.97 Å². The maximum absolute atomic E-state index is 11.0. The van der Waals surface area contributed by atoms with Gasteiger partial charge in [0, 0.05) is 13.0 Å². The van der Waals surface area contributed by atoms with Gasteiger partial charge in [-0.3, -0.25) is 4.98 Å². The van der Waals surface area contributed by atoms with Gasteiger partial charge in [0.15, 0.2) is 0 Å². The second kappa shape index (κ2) is 3.90. The number of imidazole rings is 1. The predicted molar refractivity (Wildman–Crippen MR) is 43.5 cm³/mol. The molecule has 13 heavy (non-hydrogen) atoms. The molecule has 3 N–H and O–H groups in total. The largest absolute Gasteiger partial charge is 0.464 e. The fraction of sp³-hybridized carbons (Fsp3) is 0.429. The Bertz CT molecular complexity index is 352. The molecule has 0 aliphatic rings. The van der Waals surface area contributed by atoms with E-state index in [9.17, 15) is 9.59 Å². The standard InChI is InChI=1S/C7H10N2O4/c1-13-6(11)5-4(2-3-10)8-7(12)9-5/h10H,2-3H2,1H3,(H2,8,9,12). The first-order chi connectivity index (χ1) is 6.19. The maximum atomic E-state index is 11.0. The number of ether oxygens (including phenoxy) is 1. The van der Waals surface area contributed by atoms with Crippen molar-refractivity contribution in [2.45, 2.75) is 6.42 Å². The molecule has 1 aromatic heterocycles. The lowest BCUT2D eigenvalue weighted by atomic mass is 10.2. The van der Waals surface area contributed by atoms with Crippen LogP contribution < -0.4 is 5.69 Å².